The minimum absolute atomic E-state index is 0.260. The van der Waals surface area contributed by atoms with Gasteiger partial charge in [-0.1, -0.05) is 18.2 Å². The van der Waals surface area contributed by atoms with Crippen LogP contribution in [0.4, 0.5) is 5.69 Å². The van der Waals surface area contributed by atoms with E-state index >= 15 is 0 Å². The summed E-state index contributed by atoms with van der Waals surface area (Å²) in [6, 6.07) is 11.0. The summed E-state index contributed by atoms with van der Waals surface area (Å²) < 4.78 is 10.9. The molecule has 156 valence electrons. The van der Waals surface area contributed by atoms with E-state index in [4.69, 9.17) is 9.47 Å². The minimum Gasteiger partial charge on any atom is -0.493 e. The van der Waals surface area contributed by atoms with E-state index in [1.54, 1.807) is 24.3 Å². The van der Waals surface area contributed by atoms with E-state index in [2.05, 4.69) is 10.3 Å². The fourth-order valence-electron chi connectivity index (χ4n) is 2.69. The molecule has 1 aliphatic rings. The van der Waals surface area contributed by atoms with Crippen molar-refractivity contribution in [1.82, 2.24) is 5.32 Å². The van der Waals surface area contributed by atoms with Crippen molar-refractivity contribution < 1.29 is 24.2 Å². The third-order valence-electron chi connectivity index (χ3n) is 4.53. The van der Waals surface area contributed by atoms with Crippen LogP contribution < -0.4 is 14.8 Å². The van der Waals surface area contributed by atoms with Gasteiger partial charge in [-0.05, 0) is 67.9 Å². The maximum absolute atomic E-state index is 12.4. The first-order valence-electron chi connectivity index (χ1n) is 9.21. The minimum atomic E-state index is -1.10. The zero-order valence-electron chi connectivity index (χ0n) is 17.1. The first-order chi connectivity index (χ1) is 14.3. The summed E-state index contributed by atoms with van der Waals surface area (Å²) in [5, 5.41) is 12.4. The van der Waals surface area contributed by atoms with Gasteiger partial charge in [0.05, 0.1) is 17.7 Å². The van der Waals surface area contributed by atoms with Gasteiger partial charge in [0.15, 0.2) is 22.8 Å². The van der Waals surface area contributed by atoms with Gasteiger partial charge in [-0.25, -0.2) is 9.79 Å². The van der Waals surface area contributed by atoms with Crippen molar-refractivity contribution >= 4 is 40.6 Å². The lowest BCUT2D eigenvalue weighted by molar-refractivity contribution is -0.144. The molecule has 2 aromatic carbocycles. The van der Waals surface area contributed by atoms with Gasteiger partial charge in [0.2, 0.25) is 0 Å². The lowest BCUT2D eigenvalue weighted by Crippen LogP contribution is -2.23. The summed E-state index contributed by atoms with van der Waals surface area (Å²) >= 11 is 1.20. The summed E-state index contributed by atoms with van der Waals surface area (Å²) in [6.45, 7) is 5.46. The number of amides is 1. The molecule has 1 atom stereocenters. The number of para-hydroxylation sites is 1. The number of thioether (sulfide) groups is 1. The first-order valence-corrected chi connectivity index (χ1v) is 10.0. The fourth-order valence-corrected chi connectivity index (χ4v) is 3.53. The number of carbonyl (C=O) groups is 2. The number of carboxylic acids is 1. The largest absolute Gasteiger partial charge is 0.493 e. The van der Waals surface area contributed by atoms with Gasteiger partial charge in [-0.2, -0.15) is 0 Å². The lowest BCUT2D eigenvalue weighted by Gasteiger charge is -2.16. The number of ether oxygens (including phenoxy) is 2. The number of benzene rings is 2. The predicted octanol–water partition coefficient (Wildman–Crippen LogP) is 4.06. The van der Waals surface area contributed by atoms with E-state index in [-0.39, 0.29) is 11.7 Å². The zero-order valence-corrected chi connectivity index (χ0v) is 17.9. The molecule has 1 fully saturated rings. The second kappa shape index (κ2) is 9.04. The van der Waals surface area contributed by atoms with Crippen LogP contribution in [0.1, 0.15) is 23.6 Å². The molecule has 0 saturated carbocycles. The van der Waals surface area contributed by atoms with Crippen molar-refractivity contribution in [1.29, 1.82) is 0 Å². The third-order valence-corrected chi connectivity index (χ3v) is 5.44. The number of nitrogens with zero attached hydrogens (tertiary/aromatic N) is 1. The van der Waals surface area contributed by atoms with Crippen LogP contribution in [0.3, 0.4) is 0 Å². The maximum atomic E-state index is 12.4. The molecule has 1 heterocycles. The quantitative estimate of drug-likeness (QED) is 0.676. The molecule has 0 unspecified atom stereocenters. The Kier molecular flexibility index (Phi) is 6.47. The van der Waals surface area contributed by atoms with Gasteiger partial charge in [0.25, 0.3) is 5.91 Å². The fraction of sp³-hybridized carbons (Fsp3) is 0.227. The second-order valence-corrected chi connectivity index (χ2v) is 7.76. The number of nitrogens with one attached hydrogen (secondary N) is 1. The van der Waals surface area contributed by atoms with E-state index in [0.717, 1.165) is 11.3 Å². The average Bonchev–Trinajstić information content (AvgIpc) is 3.04. The molecule has 2 aromatic rings. The molecule has 0 aliphatic carbocycles. The zero-order chi connectivity index (χ0) is 21.8. The first kappa shape index (κ1) is 21.4. The van der Waals surface area contributed by atoms with E-state index in [9.17, 15) is 14.7 Å². The number of hydrogen-bond donors (Lipinski definition) is 2. The molecule has 8 heteroatoms. The molecule has 1 saturated heterocycles. The summed E-state index contributed by atoms with van der Waals surface area (Å²) in [5.74, 6) is -0.752. The predicted molar refractivity (Wildman–Crippen MR) is 117 cm³/mol. The van der Waals surface area contributed by atoms with Gasteiger partial charge < -0.3 is 19.9 Å². The number of carboxylic acid groups (broad SMARTS) is 1. The van der Waals surface area contributed by atoms with Crippen molar-refractivity contribution in [2.75, 3.05) is 7.11 Å². The number of aryl methyl sites for hydroxylation is 2. The van der Waals surface area contributed by atoms with Gasteiger partial charge in [-0.3, -0.25) is 4.79 Å². The maximum Gasteiger partial charge on any atom is 0.344 e. The van der Waals surface area contributed by atoms with Crippen LogP contribution >= 0.6 is 11.8 Å². The summed E-state index contributed by atoms with van der Waals surface area (Å²) in [6.07, 6.45) is 0.556. The molecule has 0 bridgehead atoms. The standard InChI is InChI=1S/C22H22N2O5S/c1-12-8-9-16(10-13(12)2)23-22-24-20(25)18(30-22)11-15-6-5-7-17(28-4)19(15)29-14(3)21(26)27/h5-11,14H,1-4H3,(H,26,27)(H,23,24,25)/b18-11-/t14-/m1/s1. The second-order valence-electron chi connectivity index (χ2n) is 6.73. The van der Waals surface area contributed by atoms with Crippen molar-refractivity contribution in [3.63, 3.8) is 0 Å². The molecule has 30 heavy (non-hydrogen) atoms. The Morgan fingerprint density at radius 3 is 2.67 bits per heavy atom. The van der Waals surface area contributed by atoms with Crippen LogP contribution in [0.25, 0.3) is 6.08 Å². The Morgan fingerprint density at radius 1 is 1.23 bits per heavy atom. The molecular weight excluding hydrogens is 404 g/mol. The topological polar surface area (TPSA) is 97.2 Å². The Bertz CT molecular complexity index is 1060. The number of aliphatic carboxylic acids is 1. The highest BCUT2D eigenvalue weighted by Gasteiger charge is 2.25. The molecule has 7 nitrogen and oxygen atoms in total. The number of carbonyl (C=O) groups excluding carboxylic acids is 1. The Balaban J connectivity index is 1.91. The summed E-state index contributed by atoms with van der Waals surface area (Å²) in [4.78, 5) is 28.6. The van der Waals surface area contributed by atoms with E-state index in [1.807, 2.05) is 32.0 Å². The highest BCUT2D eigenvalue weighted by molar-refractivity contribution is 8.18. The highest BCUT2D eigenvalue weighted by atomic mass is 32.2. The van der Waals surface area contributed by atoms with Crippen molar-refractivity contribution in [2.45, 2.75) is 26.9 Å². The molecule has 1 aliphatic heterocycles. The van der Waals surface area contributed by atoms with Crippen molar-refractivity contribution in [3.8, 4) is 11.5 Å². The van der Waals surface area contributed by atoms with E-state index < -0.39 is 12.1 Å². The van der Waals surface area contributed by atoms with Crippen molar-refractivity contribution in [3.05, 3.63) is 58.0 Å². The molecule has 1 amide bonds. The molecule has 0 spiro atoms. The smallest absolute Gasteiger partial charge is 0.344 e. The van der Waals surface area contributed by atoms with Crippen LogP contribution in [0.5, 0.6) is 11.5 Å². The number of amidine groups is 1. The molecule has 0 aromatic heterocycles. The molecule has 0 radical (unpaired) electrons. The average molecular weight is 426 g/mol. The number of methoxy groups -OCH3 is 1. The summed E-state index contributed by atoms with van der Waals surface area (Å²) in [5.41, 5.74) is 3.58. The van der Waals surface area contributed by atoms with Gasteiger partial charge >= 0.3 is 5.97 Å². The number of hydrogen-bond acceptors (Lipinski definition) is 6. The van der Waals surface area contributed by atoms with Crippen LogP contribution in [0, 0.1) is 13.8 Å². The van der Waals surface area contributed by atoms with E-state index in [0.29, 0.717) is 21.4 Å². The molecule has 3 rings (SSSR count). The van der Waals surface area contributed by atoms with E-state index in [1.165, 1.54) is 31.4 Å². The number of rotatable bonds is 6. The van der Waals surface area contributed by atoms with Crippen LogP contribution in [-0.2, 0) is 9.59 Å². The van der Waals surface area contributed by atoms with Crippen LogP contribution in [0.2, 0.25) is 0 Å². The normalized spacial score (nSPS) is 17.1. The molecular formula is C22H22N2O5S. The van der Waals surface area contributed by atoms with Gasteiger partial charge in [-0.15, -0.1) is 0 Å². The Labute approximate surface area is 178 Å². The van der Waals surface area contributed by atoms with Crippen LogP contribution in [-0.4, -0.2) is 35.4 Å². The lowest BCUT2D eigenvalue weighted by atomic mass is 10.1. The Morgan fingerprint density at radius 2 is 2.00 bits per heavy atom. The SMILES string of the molecule is COc1cccc(/C=C2\SC(=Nc3ccc(C)c(C)c3)NC2=O)c1O[C@H](C)C(=O)O. The molecule has 2 N–H and O–H groups in total. The van der Waals surface area contributed by atoms with Crippen LogP contribution in [0.15, 0.2) is 46.3 Å². The highest BCUT2D eigenvalue weighted by Crippen LogP contribution is 2.36. The monoisotopic (exact) mass is 426 g/mol. The summed E-state index contributed by atoms with van der Waals surface area (Å²) in [7, 11) is 1.47. The third kappa shape index (κ3) is 4.83. The van der Waals surface area contributed by atoms with Gasteiger partial charge in [0.1, 0.15) is 0 Å². The van der Waals surface area contributed by atoms with Crippen molar-refractivity contribution in [2.24, 2.45) is 4.99 Å². The van der Waals surface area contributed by atoms with Gasteiger partial charge in [0, 0.05) is 5.56 Å². The Hall–Kier alpha value is -3.26. The number of aliphatic imine (C=N–C) groups is 1.